The van der Waals surface area contributed by atoms with Crippen LogP contribution in [0.25, 0.3) is 22.8 Å². The monoisotopic (exact) mass is 393 g/mol. The minimum atomic E-state index is -0.383. The van der Waals surface area contributed by atoms with Crippen molar-refractivity contribution in [2.45, 2.75) is 26.3 Å². The topological polar surface area (TPSA) is 72.4 Å². The van der Waals surface area contributed by atoms with E-state index in [2.05, 4.69) is 18.8 Å². The Morgan fingerprint density at radius 3 is 2.59 bits per heavy atom. The number of oxazole rings is 1. The first-order valence-corrected chi connectivity index (χ1v) is 9.72. The molecule has 1 unspecified atom stereocenters. The first-order chi connectivity index (χ1) is 13.9. The molecule has 1 aliphatic heterocycles. The molecule has 1 aliphatic rings. The highest BCUT2D eigenvalue weighted by Crippen LogP contribution is 2.32. The van der Waals surface area contributed by atoms with Crippen molar-refractivity contribution in [3.05, 3.63) is 66.1 Å². The average molecular weight is 393 g/mol. The van der Waals surface area contributed by atoms with Crippen molar-refractivity contribution in [1.82, 2.24) is 9.88 Å². The van der Waals surface area contributed by atoms with Gasteiger partial charge in [-0.2, -0.15) is 0 Å². The van der Waals surface area contributed by atoms with Crippen LogP contribution in [0.1, 0.15) is 30.6 Å². The van der Waals surface area contributed by atoms with Crippen LogP contribution in [0.4, 0.5) is 4.39 Å². The number of benzene rings is 2. The van der Waals surface area contributed by atoms with E-state index in [0.29, 0.717) is 41.4 Å². The molecule has 6 heteroatoms. The number of nitrogens with zero attached hydrogens (tertiary/aromatic N) is 2. The zero-order chi connectivity index (χ0) is 20.6. The van der Waals surface area contributed by atoms with E-state index >= 15 is 0 Å². The minimum absolute atomic E-state index is 0.0665. The summed E-state index contributed by atoms with van der Waals surface area (Å²) in [6, 6.07) is 13.6. The van der Waals surface area contributed by atoms with Crippen LogP contribution in [-0.2, 0) is 0 Å². The SMILES string of the molecule is CC1(C)CN(C(=O)c2ccccc2-c2ncc(-c3ccccc3F)o2)CCC1N. The summed E-state index contributed by atoms with van der Waals surface area (Å²) in [5.41, 5.74) is 7.50. The summed E-state index contributed by atoms with van der Waals surface area (Å²) in [5, 5.41) is 0. The smallest absolute Gasteiger partial charge is 0.254 e. The van der Waals surface area contributed by atoms with E-state index in [1.54, 1.807) is 30.3 Å². The van der Waals surface area contributed by atoms with E-state index in [4.69, 9.17) is 10.2 Å². The van der Waals surface area contributed by atoms with Gasteiger partial charge in [-0.15, -0.1) is 0 Å². The molecule has 4 rings (SSSR count). The normalized spacial score (nSPS) is 18.6. The zero-order valence-corrected chi connectivity index (χ0v) is 16.6. The largest absolute Gasteiger partial charge is 0.436 e. The Hall–Kier alpha value is -2.99. The minimum Gasteiger partial charge on any atom is -0.436 e. The van der Waals surface area contributed by atoms with Crippen molar-refractivity contribution in [2.24, 2.45) is 11.1 Å². The number of carbonyl (C=O) groups is 1. The van der Waals surface area contributed by atoms with Crippen LogP contribution in [0.2, 0.25) is 0 Å². The molecule has 0 spiro atoms. The van der Waals surface area contributed by atoms with Crippen molar-refractivity contribution in [3.8, 4) is 22.8 Å². The van der Waals surface area contributed by atoms with Crippen molar-refractivity contribution >= 4 is 5.91 Å². The number of likely N-dealkylation sites (tertiary alicyclic amines) is 1. The molecule has 1 atom stereocenters. The van der Waals surface area contributed by atoms with Gasteiger partial charge in [-0.05, 0) is 36.1 Å². The highest BCUT2D eigenvalue weighted by Gasteiger charge is 2.36. The Kier molecular flexibility index (Phi) is 4.96. The van der Waals surface area contributed by atoms with E-state index in [-0.39, 0.29) is 23.2 Å². The summed E-state index contributed by atoms with van der Waals surface area (Å²) in [7, 11) is 0. The third-order valence-electron chi connectivity index (χ3n) is 5.63. The molecule has 0 bridgehead atoms. The Bertz CT molecular complexity index is 1040. The van der Waals surface area contributed by atoms with Gasteiger partial charge in [0.25, 0.3) is 5.91 Å². The molecule has 3 aromatic rings. The van der Waals surface area contributed by atoms with Crippen LogP contribution in [0.5, 0.6) is 0 Å². The maximum Gasteiger partial charge on any atom is 0.254 e. The molecule has 0 radical (unpaired) electrons. The van der Waals surface area contributed by atoms with Crippen LogP contribution in [-0.4, -0.2) is 34.9 Å². The zero-order valence-electron chi connectivity index (χ0n) is 16.6. The van der Waals surface area contributed by atoms with Crippen molar-refractivity contribution in [3.63, 3.8) is 0 Å². The first-order valence-electron chi connectivity index (χ1n) is 9.72. The number of rotatable bonds is 3. The lowest BCUT2D eigenvalue weighted by Crippen LogP contribution is -2.54. The molecule has 0 saturated carbocycles. The fourth-order valence-corrected chi connectivity index (χ4v) is 3.76. The van der Waals surface area contributed by atoms with E-state index < -0.39 is 0 Å². The molecule has 2 heterocycles. The van der Waals surface area contributed by atoms with Gasteiger partial charge in [0, 0.05) is 24.7 Å². The third-order valence-corrected chi connectivity index (χ3v) is 5.63. The van der Waals surface area contributed by atoms with Gasteiger partial charge in [0.1, 0.15) is 5.82 Å². The lowest BCUT2D eigenvalue weighted by atomic mass is 9.79. The molecule has 2 N–H and O–H groups in total. The Balaban J connectivity index is 1.66. The molecule has 150 valence electrons. The molecule has 2 aromatic carbocycles. The highest BCUT2D eigenvalue weighted by molar-refractivity contribution is 6.00. The van der Waals surface area contributed by atoms with E-state index in [0.717, 1.165) is 6.42 Å². The average Bonchev–Trinajstić information content (AvgIpc) is 3.19. The van der Waals surface area contributed by atoms with Crippen molar-refractivity contribution < 1.29 is 13.6 Å². The third kappa shape index (κ3) is 3.68. The van der Waals surface area contributed by atoms with Gasteiger partial charge >= 0.3 is 0 Å². The van der Waals surface area contributed by atoms with E-state index in [1.165, 1.54) is 12.3 Å². The molecule has 29 heavy (non-hydrogen) atoms. The Labute approximate surface area is 169 Å². The number of hydrogen-bond acceptors (Lipinski definition) is 4. The quantitative estimate of drug-likeness (QED) is 0.718. The summed E-state index contributed by atoms with van der Waals surface area (Å²) in [5.74, 6) is 0.156. The molecular weight excluding hydrogens is 369 g/mol. The summed E-state index contributed by atoms with van der Waals surface area (Å²) in [6.07, 6.45) is 2.25. The second-order valence-corrected chi connectivity index (χ2v) is 8.17. The number of piperidine rings is 1. The maximum atomic E-state index is 14.1. The molecule has 1 aromatic heterocycles. The van der Waals surface area contributed by atoms with Crippen molar-refractivity contribution in [2.75, 3.05) is 13.1 Å². The molecule has 1 saturated heterocycles. The molecule has 1 fully saturated rings. The van der Waals surface area contributed by atoms with Crippen molar-refractivity contribution in [1.29, 1.82) is 0 Å². The van der Waals surface area contributed by atoms with Gasteiger partial charge < -0.3 is 15.1 Å². The predicted molar refractivity (Wildman–Crippen MR) is 110 cm³/mol. The van der Waals surface area contributed by atoms with E-state index in [9.17, 15) is 9.18 Å². The Morgan fingerprint density at radius 1 is 1.17 bits per heavy atom. The van der Waals surface area contributed by atoms with Gasteiger partial charge in [-0.25, -0.2) is 9.37 Å². The highest BCUT2D eigenvalue weighted by atomic mass is 19.1. The predicted octanol–water partition coefficient (Wildman–Crippen LogP) is 4.35. The fourth-order valence-electron chi connectivity index (χ4n) is 3.76. The van der Waals surface area contributed by atoms with Crippen LogP contribution < -0.4 is 5.73 Å². The van der Waals surface area contributed by atoms with Gasteiger partial charge in [0.2, 0.25) is 5.89 Å². The number of nitrogens with two attached hydrogens (primary N) is 1. The number of hydrogen-bond donors (Lipinski definition) is 1. The molecule has 5 nitrogen and oxygen atoms in total. The summed E-state index contributed by atoms with van der Waals surface area (Å²) in [4.78, 5) is 19.4. The van der Waals surface area contributed by atoms with Gasteiger partial charge in [-0.1, -0.05) is 38.1 Å². The van der Waals surface area contributed by atoms with Gasteiger partial charge in [0.05, 0.1) is 17.3 Å². The van der Waals surface area contributed by atoms with Crippen LogP contribution in [0.15, 0.2) is 59.1 Å². The van der Waals surface area contributed by atoms with Crippen LogP contribution >= 0.6 is 0 Å². The standard InChI is InChI=1S/C23H24FN3O2/c1-23(2)14-27(12-11-20(23)25)22(28)16-8-4-3-7-15(16)21-26-13-19(29-21)17-9-5-6-10-18(17)24/h3-10,13,20H,11-12,14,25H2,1-2H3. The second kappa shape index (κ2) is 7.44. The number of amides is 1. The van der Waals surface area contributed by atoms with Gasteiger partial charge in [-0.3, -0.25) is 4.79 Å². The lowest BCUT2D eigenvalue weighted by Gasteiger charge is -2.42. The molecular formula is C23H24FN3O2. The van der Waals surface area contributed by atoms with Crippen LogP contribution in [0.3, 0.4) is 0 Å². The van der Waals surface area contributed by atoms with E-state index in [1.807, 2.05) is 17.0 Å². The second-order valence-electron chi connectivity index (χ2n) is 8.17. The number of carbonyl (C=O) groups excluding carboxylic acids is 1. The molecule has 0 aliphatic carbocycles. The van der Waals surface area contributed by atoms with Crippen LogP contribution in [0, 0.1) is 11.2 Å². The maximum absolute atomic E-state index is 14.1. The Morgan fingerprint density at radius 2 is 1.86 bits per heavy atom. The summed E-state index contributed by atoms with van der Waals surface area (Å²) >= 11 is 0. The number of aromatic nitrogens is 1. The lowest BCUT2D eigenvalue weighted by molar-refractivity contribution is 0.0533. The van der Waals surface area contributed by atoms with Gasteiger partial charge in [0.15, 0.2) is 5.76 Å². The summed E-state index contributed by atoms with van der Waals surface area (Å²) < 4.78 is 19.9. The molecule has 1 amide bonds. The fraction of sp³-hybridized carbons (Fsp3) is 0.304. The summed E-state index contributed by atoms with van der Waals surface area (Å²) in [6.45, 7) is 5.37. The number of halogens is 1. The first kappa shape index (κ1) is 19.3.